The zero-order valence-electron chi connectivity index (χ0n) is 27.3. The van der Waals surface area contributed by atoms with E-state index in [1.807, 2.05) is 0 Å². The van der Waals surface area contributed by atoms with E-state index in [-0.39, 0.29) is 34.1 Å². The SMILES string of the molecule is CO[C@@H]1[C@H](OP(=O)(O)OC[C@H]2O[C@@H](n3cnc4c(=O)[nH]c(N)nc43)[C@H](O)[C@@H]2O)[C@@H](COP(=O)(O)OP(=O)(O)OP(=O)(O)S)O[C@H]1n1cnc2c(N)ncnc21. The van der Waals surface area contributed by atoms with Crippen LogP contribution in [-0.4, -0.2) is 126 Å². The first-order chi connectivity index (χ1) is 25.6. The number of phosphoric ester groups is 2. The predicted molar refractivity (Wildman–Crippen MR) is 180 cm³/mol. The van der Waals surface area contributed by atoms with Gasteiger partial charge >= 0.3 is 30.3 Å². The molecule has 6 heterocycles. The second kappa shape index (κ2) is 15.5. The van der Waals surface area contributed by atoms with Gasteiger partial charge in [-0.2, -0.15) is 13.6 Å². The Morgan fingerprint density at radius 2 is 1.44 bits per heavy atom. The van der Waals surface area contributed by atoms with Gasteiger partial charge in [0.25, 0.3) is 5.56 Å². The van der Waals surface area contributed by atoms with Crippen molar-refractivity contribution in [3.05, 3.63) is 29.3 Å². The number of hydrogen-bond acceptors (Lipinski definition) is 22. The molecule has 0 aliphatic carbocycles. The molecule has 0 amide bonds. The number of H-pyrrole nitrogens is 1. The van der Waals surface area contributed by atoms with Gasteiger partial charge in [0.1, 0.15) is 48.5 Å². The number of phosphoric acid groups is 3. The molecule has 4 aromatic heterocycles. The normalized spacial score (nSPS) is 30.3. The minimum atomic E-state index is -5.76. The van der Waals surface area contributed by atoms with Crippen LogP contribution in [0.25, 0.3) is 22.3 Å². The quantitative estimate of drug-likeness (QED) is 0.0476. The van der Waals surface area contributed by atoms with Gasteiger partial charge in [-0.3, -0.25) is 32.5 Å². The molecule has 0 bridgehead atoms. The van der Waals surface area contributed by atoms with E-state index >= 15 is 0 Å². The van der Waals surface area contributed by atoms with Gasteiger partial charge in [0.2, 0.25) is 5.95 Å². The number of anilines is 2. The third-order valence-electron chi connectivity index (χ3n) is 7.76. The third kappa shape index (κ3) is 9.18. The summed E-state index contributed by atoms with van der Waals surface area (Å²) in [7, 11) is -15.6. The molecule has 11 N–H and O–H groups in total. The van der Waals surface area contributed by atoms with Crippen LogP contribution in [0.5, 0.6) is 0 Å². The fourth-order valence-corrected chi connectivity index (χ4v) is 10.4. The summed E-state index contributed by atoms with van der Waals surface area (Å²) in [5.74, 6) is -0.331. The molecule has 304 valence electrons. The van der Waals surface area contributed by atoms with Gasteiger partial charge in [-0.1, -0.05) is 12.2 Å². The number of aliphatic hydroxyl groups excluding tert-OH is 2. The first kappa shape index (κ1) is 41.8. The summed E-state index contributed by atoms with van der Waals surface area (Å²) in [6.45, 7) is -7.09. The molecule has 2 saturated heterocycles. The zero-order valence-corrected chi connectivity index (χ0v) is 31.7. The molecule has 4 unspecified atom stereocenters. The van der Waals surface area contributed by atoms with Crippen molar-refractivity contribution in [2.75, 3.05) is 31.8 Å². The van der Waals surface area contributed by atoms with Crippen LogP contribution in [0.15, 0.2) is 23.8 Å². The van der Waals surface area contributed by atoms with E-state index in [0.717, 1.165) is 24.3 Å². The number of thiol groups is 1. The second-order valence-corrected chi connectivity index (χ2v) is 18.7. The maximum absolute atomic E-state index is 13.4. The summed E-state index contributed by atoms with van der Waals surface area (Å²) in [4.78, 5) is 74.0. The minimum absolute atomic E-state index is 0.0433. The highest BCUT2D eigenvalue weighted by Crippen LogP contribution is 2.69. The van der Waals surface area contributed by atoms with E-state index < -0.39 is 98.1 Å². The number of nitrogens with two attached hydrogens (primary N) is 2. The lowest BCUT2D eigenvalue weighted by Gasteiger charge is -2.26. The molecule has 6 rings (SSSR count). The summed E-state index contributed by atoms with van der Waals surface area (Å²) in [5.41, 5.74) is 10.6. The van der Waals surface area contributed by atoms with E-state index in [1.54, 1.807) is 0 Å². The number of nitrogens with zero attached hydrogens (tertiary/aromatic N) is 7. The second-order valence-electron chi connectivity index (χ2n) is 11.4. The number of aliphatic hydroxyl groups is 2. The number of methoxy groups -OCH3 is 1. The number of rotatable bonds is 15. The van der Waals surface area contributed by atoms with Crippen molar-refractivity contribution in [3.63, 3.8) is 0 Å². The van der Waals surface area contributed by atoms with Gasteiger partial charge in [0.15, 0.2) is 35.1 Å². The fourth-order valence-electron chi connectivity index (χ4n) is 5.55. The highest BCUT2D eigenvalue weighted by atomic mass is 32.7. The van der Waals surface area contributed by atoms with Gasteiger partial charge in [-0.05, 0) is 0 Å². The lowest BCUT2D eigenvalue weighted by Crippen LogP contribution is -2.38. The van der Waals surface area contributed by atoms with Crippen LogP contribution in [0.1, 0.15) is 12.5 Å². The number of aromatic nitrogens is 8. The third-order valence-corrected chi connectivity index (χ3v) is 13.2. The molecular formula is C21H30N10O19P4S. The Hall–Kier alpha value is -2.79. The van der Waals surface area contributed by atoms with Crippen molar-refractivity contribution < 1.29 is 84.4 Å². The summed E-state index contributed by atoms with van der Waals surface area (Å²) in [6.07, 6.45) is -9.45. The van der Waals surface area contributed by atoms with Crippen LogP contribution in [-0.2, 0) is 54.7 Å². The Morgan fingerprint density at radius 1 is 0.818 bits per heavy atom. The highest BCUT2D eigenvalue weighted by Gasteiger charge is 2.52. The monoisotopic (exact) mass is 882 g/mol. The van der Waals surface area contributed by atoms with Crippen molar-refractivity contribution in [3.8, 4) is 0 Å². The summed E-state index contributed by atoms with van der Waals surface area (Å²) >= 11 is 3.03. The average molecular weight is 882 g/mol. The maximum atomic E-state index is 13.4. The predicted octanol–water partition coefficient (Wildman–Crippen LogP) is -1.56. The maximum Gasteiger partial charge on any atom is 0.488 e. The van der Waals surface area contributed by atoms with Gasteiger partial charge in [-0.25, -0.2) is 38.2 Å². The largest absolute Gasteiger partial charge is 0.488 e. The lowest BCUT2D eigenvalue weighted by atomic mass is 10.1. The number of nitrogen functional groups attached to an aromatic ring is 2. The van der Waals surface area contributed by atoms with Crippen molar-refractivity contribution >= 4 is 76.6 Å². The zero-order chi connectivity index (χ0) is 40.2. The number of hydrogen-bond donors (Lipinski definition) is 10. The van der Waals surface area contributed by atoms with Crippen LogP contribution in [0.4, 0.5) is 11.8 Å². The van der Waals surface area contributed by atoms with Crippen LogP contribution >= 0.6 is 42.5 Å². The van der Waals surface area contributed by atoms with Crippen LogP contribution in [0.3, 0.4) is 0 Å². The summed E-state index contributed by atoms with van der Waals surface area (Å²) in [5, 5.41) is 21.4. The van der Waals surface area contributed by atoms with Gasteiger partial charge < -0.3 is 55.5 Å². The molecule has 4 aromatic rings. The minimum Gasteiger partial charge on any atom is -0.387 e. The Bertz CT molecular complexity index is 2320. The van der Waals surface area contributed by atoms with E-state index in [4.69, 9.17) is 44.1 Å². The van der Waals surface area contributed by atoms with Gasteiger partial charge in [0, 0.05) is 7.11 Å². The van der Waals surface area contributed by atoms with E-state index in [2.05, 4.69) is 50.8 Å². The Kier molecular flexibility index (Phi) is 11.8. The number of ether oxygens (including phenoxy) is 3. The van der Waals surface area contributed by atoms with Crippen molar-refractivity contribution in [1.82, 2.24) is 39.0 Å². The van der Waals surface area contributed by atoms with Crippen molar-refractivity contribution in [2.45, 2.75) is 49.1 Å². The van der Waals surface area contributed by atoms with Crippen molar-refractivity contribution in [2.24, 2.45) is 0 Å². The van der Waals surface area contributed by atoms with Crippen LogP contribution in [0.2, 0.25) is 0 Å². The first-order valence-corrected chi connectivity index (χ1v) is 22.1. The van der Waals surface area contributed by atoms with E-state index in [1.165, 1.54) is 10.9 Å². The van der Waals surface area contributed by atoms with Crippen LogP contribution in [0, 0.1) is 0 Å². The van der Waals surface area contributed by atoms with Crippen LogP contribution < -0.4 is 17.0 Å². The molecule has 55 heavy (non-hydrogen) atoms. The molecule has 2 aliphatic heterocycles. The smallest absolute Gasteiger partial charge is 0.387 e. The number of nitrogens with one attached hydrogen (secondary N) is 1. The fraction of sp³-hybridized carbons (Fsp3) is 0.524. The molecule has 2 aliphatic rings. The first-order valence-electron chi connectivity index (χ1n) is 14.9. The topological polar surface area (TPSA) is 423 Å². The van der Waals surface area contributed by atoms with E-state index in [0.29, 0.717) is 0 Å². The molecule has 0 saturated carbocycles. The number of aromatic amines is 1. The van der Waals surface area contributed by atoms with E-state index in [9.17, 15) is 47.9 Å². The Labute approximate surface area is 310 Å². The molecule has 12 atom stereocenters. The lowest BCUT2D eigenvalue weighted by molar-refractivity contribution is -0.0581. The molecule has 29 nitrogen and oxygen atoms in total. The summed E-state index contributed by atoms with van der Waals surface area (Å²) < 4.78 is 91.7. The Balaban J connectivity index is 1.21. The van der Waals surface area contributed by atoms with Gasteiger partial charge in [-0.15, -0.1) is 0 Å². The molecule has 2 fully saturated rings. The standard InChI is InChI=1S/C21H30N10O19P4S/c1-43-14-13(48-51(35,36)44-2-7-11(32)12(33)19(46-7)31-6-27-10-17(31)28-21(23)29-18(10)34)8(3-45-52(37,38)49-53(39,40)50-54(41,42)55)47-20(14)30-5-26-9-15(22)24-4-25-16(9)30/h4-8,11-14,19-20,32-33H,2-3H2,1H3,(H,35,36)(H,37,38)(H,39,40)(H2,22,24,25)(H2,41,42,55)(H3,23,28,29,34)/t7-,8-,11-,12-,13-,14-,19-,20-/m1/s1. The molecule has 0 radical (unpaired) electrons. The highest BCUT2D eigenvalue weighted by molar-refractivity contribution is 8.44. The number of imidazole rings is 2. The average Bonchev–Trinajstić information content (AvgIpc) is 3.82. The summed E-state index contributed by atoms with van der Waals surface area (Å²) in [6, 6.07) is 0. The molecular weight excluding hydrogens is 852 g/mol. The molecule has 0 aromatic carbocycles. The number of fused-ring (bicyclic) bond motifs is 2. The molecule has 0 spiro atoms. The Morgan fingerprint density at radius 3 is 2.11 bits per heavy atom. The van der Waals surface area contributed by atoms with Crippen molar-refractivity contribution in [1.29, 1.82) is 0 Å². The molecule has 34 heteroatoms. The van der Waals surface area contributed by atoms with Gasteiger partial charge in [0.05, 0.1) is 25.9 Å².